The molecule has 0 fully saturated rings. The number of benzene rings is 2. The molecule has 0 aliphatic rings. The number of ether oxygens (including phenoxy) is 2. The van der Waals surface area contributed by atoms with Gasteiger partial charge < -0.3 is 14.8 Å². The van der Waals surface area contributed by atoms with Crippen LogP contribution in [0.25, 0.3) is 6.08 Å². The summed E-state index contributed by atoms with van der Waals surface area (Å²) >= 11 is 0. The van der Waals surface area contributed by atoms with Gasteiger partial charge in [0.25, 0.3) is 0 Å². The Morgan fingerprint density at radius 1 is 1.11 bits per heavy atom. The number of carbonyl (C=O) groups is 1. The summed E-state index contributed by atoms with van der Waals surface area (Å²) in [6.07, 6.45) is 3.03. The summed E-state index contributed by atoms with van der Waals surface area (Å²) in [5.74, 6) is 0.881. The van der Waals surface area contributed by atoms with Crippen molar-refractivity contribution in [1.82, 2.24) is 4.72 Å². The van der Waals surface area contributed by atoms with Crippen LogP contribution in [0.3, 0.4) is 0 Å². The Hall–Kier alpha value is -2.84. The first-order chi connectivity index (χ1) is 12.9. The Labute approximate surface area is 159 Å². The standard InChI is InChI=1S/C19H22N2O5S/c1-4-26-18-13-14(5-11-17(18)25-3)6-12-19(22)21-15-7-9-16(10-8-15)27(23,24)20-2/h5-13,20H,4H2,1-3H3,(H,21,22)/b12-6+. The van der Waals surface area contributed by atoms with E-state index in [4.69, 9.17) is 9.47 Å². The van der Waals surface area contributed by atoms with Gasteiger partial charge in [-0.1, -0.05) is 6.07 Å². The molecule has 0 aliphatic heterocycles. The molecule has 0 aliphatic carbocycles. The topological polar surface area (TPSA) is 93.7 Å². The molecule has 0 spiro atoms. The number of nitrogens with one attached hydrogen (secondary N) is 2. The van der Waals surface area contributed by atoms with Crippen molar-refractivity contribution >= 4 is 27.7 Å². The molecule has 2 aromatic rings. The molecular formula is C19H22N2O5S. The van der Waals surface area contributed by atoms with Gasteiger partial charge in [-0.3, -0.25) is 4.79 Å². The van der Waals surface area contributed by atoms with E-state index in [1.165, 1.54) is 37.4 Å². The van der Waals surface area contributed by atoms with Crippen molar-refractivity contribution in [3.63, 3.8) is 0 Å². The van der Waals surface area contributed by atoms with Crippen molar-refractivity contribution in [2.75, 3.05) is 26.1 Å². The lowest BCUT2D eigenvalue weighted by atomic mass is 10.2. The third-order valence-corrected chi connectivity index (χ3v) is 5.05. The first kappa shape index (κ1) is 20.5. The maximum absolute atomic E-state index is 12.1. The predicted molar refractivity (Wildman–Crippen MR) is 105 cm³/mol. The Kier molecular flexibility index (Phi) is 6.98. The van der Waals surface area contributed by atoms with Crippen LogP contribution in [0.1, 0.15) is 12.5 Å². The molecule has 0 saturated heterocycles. The molecule has 2 aromatic carbocycles. The average molecular weight is 390 g/mol. The van der Waals surface area contributed by atoms with E-state index in [2.05, 4.69) is 10.0 Å². The van der Waals surface area contributed by atoms with Gasteiger partial charge in [0.2, 0.25) is 15.9 Å². The largest absolute Gasteiger partial charge is 0.493 e. The van der Waals surface area contributed by atoms with Crippen molar-refractivity contribution in [2.24, 2.45) is 0 Å². The van der Waals surface area contributed by atoms with Crippen molar-refractivity contribution < 1.29 is 22.7 Å². The van der Waals surface area contributed by atoms with Crippen LogP contribution >= 0.6 is 0 Å². The molecule has 0 bridgehead atoms. The van der Waals surface area contributed by atoms with Crippen molar-refractivity contribution in [1.29, 1.82) is 0 Å². The van der Waals surface area contributed by atoms with Crippen LogP contribution < -0.4 is 19.5 Å². The Balaban J connectivity index is 2.06. The van der Waals surface area contributed by atoms with Gasteiger partial charge in [-0.05, 0) is 62.0 Å². The summed E-state index contributed by atoms with van der Waals surface area (Å²) in [6.45, 7) is 2.38. The van der Waals surface area contributed by atoms with E-state index in [-0.39, 0.29) is 10.8 Å². The lowest BCUT2D eigenvalue weighted by Gasteiger charge is -2.09. The van der Waals surface area contributed by atoms with Gasteiger partial charge in [-0.15, -0.1) is 0 Å². The quantitative estimate of drug-likeness (QED) is 0.676. The molecule has 0 atom stereocenters. The lowest BCUT2D eigenvalue weighted by molar-refractivity contribution is -0.111. The van der Waals surface area contributed by atoms with Crippen LogP contribution in [-0.2, 0) is 14.8 Å². The van der Waals surface area contributed by atoms with E-state index >= 15 is 0 Å². The van der Waals surface area contributed by atoms with E-state index < -0.39 is 10.0 Å². The van der Waals surface area contributed by atoms with Crippen LogP contribution in [0, 0.1) is 0 Å². The van der Waals surface area contributed by atoms with Gasteiger partial charge in [0, 0.05) is 11.8 Å². The molecule has 0 aromatic heterocycles. The van der Waals surface area contributed by atoms with Crippen LogP contribution in [0.4, 0.5) is 5.69 Å². The van der Waals surface area contributed by atoms with E-state index in [9.17, 15) is 13.2 Å². The monoisotopic (exact) mass is 390 g/mol. The van der Waals surface area contributed by atoms with Gasteiger partial charge in [0.15, 0.2) is 11.5 Å². The highest BCUT2D eigenvalue weighted by molar-refractivity contribution is 7.89. The van der Waals surface area contributed by atoms with E-state index in [0.717, 1.165) is 5.56 Å². The minimum Gasteiger partial charge on any atom is -0.493 e. The van der Waals surface area contributed by atoms with Crippen LogP contribution in [0.15, 0.2) is 53.4 Å². The lowest BCUT2D eigenvalue weighted by Crippen LogP contribution is -2.18. The molecule has 2 N–H and O–H groups in total. The molecule has 144 valence electrons. The van der Waals surface area contributed by atoms with Gasteiger partial charge >= 0.3 is 0 Å². The van der Waals surface area contributed by atoms with Crippen molar-refractivity contribution in [2.45, 2.75) is 11.8 Å². The number of carbonyl (C=O) groups excluding carboxylic acids is 1. The van der Waals surface area contributed by atoms with Crippen LogP contribution in [-0.4, -0.2) is 35.1 Å². The Morgan fingerprint density at radius 3 is 2.41 bits per heavy atom. The zero-order valence-electron chi connectivity index (χ0n) is 15.4. The molecule has 0 unspecified atom stereocenters. The summed E-state index contributed by atoms with van der Waals surface area (Å²) in [7, 11) is -0.601. The molecule has 0 heterocycles. The maximum Gasteiger partial charge on any atom is 0.248 e. The fraction of sp³-hybridized carbons (Fsp3) is 0.211. The van der Waals surface area contributed by atoms with Gasteiger partial charge in [-0.25, -0.2) is 13.1 Å². The summed E-state index contributed by atoms with van der Waals surface area (Å²) < 4.78 is 36.3. The summed E-state index contributed by atoms with van der Waals surface area (Å²) in [4.78, 5) is 12.2. The summed E-state index contributed by atoms with van der Waals surface area (Å²) in [5.41, 5.74) is 1.27. The van der Waals surface area contributed by atoms with E-state index in [0.29, 0.717) is 23.8 Å². The van der Waals surface area contributed by atoms with Gasteiger partial charge in [-0.2, -0.15) is 0 Å². The van der Waals surface area contributed by atoms with Crippen LogP contribution in [0.2, 0.25) is 0 Å². The van der Waals surface area contributed by atoms with Crippen molar-refractivity contribution in [3.05, 3.63) is 54.1 Å². The summed E-state index contributed by atoms with van der Waals surface area (Å²) in [6, 6.07) is 11.2. The number of sulfonamides is 1. The van der Waals surface area contributed by atoms with E-state index in [1.807, 2.05) is 13.0 Å². The fourth-order valence-corrected chi connectivity index (χ4v) is 2.99. The third-order valence-electron chi connectivity index (χ3n) is 3.62. The Bertz CT molecular complexity index is 922. The highest BCUT2D eigenvalue weighted by Gasteiger charge is 2.10. The summed E-state index contributed by atoms with van der Waals surface area (Å²) in [5, 5.41) is 2.67. The predicted octanol–water partition coefficient (Wildman–Crippen LogP) is 2.65. The van der Waals surface area contributed by atoms with Crippen molar-refractivity contribution in [3.8, 4) is 11.5 Å². The zero-order valence-corrected chi connectivity index (χ0v) is 16.2. The number of amides is 1. The van der Waals surface area contributed by atoms with Gasteiger partial charge in [0.1, 0.15) is 0 Å². The smallest absolute Gasteiger partial charge is 0.248 e. The molecule has 7 nitrogen and oxygen atoms in total. The second-order valence-corrected chi connectivity index (χ2v) is 7.28. The molecule has 8 heteroatoms. The van der Waals surface area contributed by atoms with Crippen LogP contribution in [0.5, 0.6) is 11.5 Å². The molecular weight excluding hydrogens is 368 g/mol. The molecule has 0 radical (unpaired) electrons. The number of rotatable bonds is 8. The second-order valence-electron chi connectivity index (χ2n) is 5.40. The fourth-order valence-electron chi connectivity index (χ4n) is 2.26. The second kappa shape index (κ2) is 9.20. The SMILES string of the molecule is CCOc1cc(/C=C/C(=O)Nc2ccc(S(=O)(=O)NC)cc2)ccc1OC. The normalized spacial score (nSPS) is 11.4. The first-order valence-corrected chi connectivity index (χ1v) is 9.71. The minimum atomic E-state index is -3.50. The number of methoxy groups -OCH3 is 1. The number of hydrogen-bond donors (Lipinski definition) is 2. The minimum absolute atomic E-state index is 0.125. The highest BCUT2D eigenvalue weighted by atomic mass is 32.2. The molecule has 2 rings (SSSR count). The zero-order chi connectivity index (χ0) is 19.9. The highest BCUT2D eigenvalue weighted by Crippen LogP contribution is 2.28. The Morgan fingerprint density at radius 2 is 1.81 bits per heavy atom. The molecule has 0 saturated carbocycles. The first-order valence-electron chi connectivity index (χ1n) is 8.23. The van der Waals surface area contributed by atoms with Gasteiger partial charge in [0.05, 0.1) is 18.6 Å². The average Bonchev–Trinajstić information content (AvgIpc) is 2.67. The number of hydrogen-bond acceptors (Lipinski definition) is 5. The molecule has 27 heavy (non-hydrogen) atoms. The number of anilines is 1. The third kappa shape index (κ3) is 5.57. The maximum atomic E-state index is 12.1. The van der Waals surface area contributed by atoms with E-state index in [1.54, 1.807) is 25.3 Å². The molecule has 1 amide bonds.